The molecule has 1 N–H and O–H groups in total. The van der Waals surface area contributed by atoms with Crippen LogP contribution in [0.4, 0.5) is 5.82 Å². The normalized spacial score (nSPS) is 15.8. The minimum Gasteiger partial charge on any atom is -0.365 e. The molecule has 0 atom stereocenters. The van der Waals surface area contributed by atoms with E-state index in [0.29, 0.717) is 12.5 Å². The molecule has 0 saturated carbocycles. The number of rotatable bonds is 6. The zero-order valence-electron chi connectivity index (χ0n) is 18.8. The van der Waals surface area contributed by atoms with Gasteiger partial charge in [0.2, 0.25) is 0 Å². The second kappa shape index (κ2) is 9.73. The number of pyridine rings is 1. The molecule has 32 heavy (non-hydrogen) atoms. The first-order chi connectivity index (χ1) is 15.3. The predicted octanol–water partition coefficient (Wildman–Crippen LogP) is 5.67. The molecule has 8 heteroatoms. The van der Waals surface area contributed by atoms with E-state index in [0.717, 1.165) is 53.2 Å². The summed E-state index contributed by atoms with van der Waals surface area (Å²) in [6.07, 6.45) is 5.80. The SMILES string of the molecule is CC(C)(C)C(=O)n1nc(C2CCN(Cc3cccnc3)CC2)cc1NCc1ccc(Cl)s1. The number of hydrogen-bond acceptors (Lipinski definition) is 6. The van der Waals surface area contributed by atoms with Crippen LogP contribution in [0.15, 0.2) is 42.7 Å². The highest BCUT2D eigenvalue weighted by molar-refractivity contribution is 7.16. The molecule has 1 fully saturated rings. The van der Waals surface area contributed by atoms with Crippen LogP contribution >= 0.6 is 22.9 Å². The third-order valence-corrected chi connectivity index (χ3v) is 7.00. The number of carbonyl (C=O) groups excluding carboxylic acids is 1. The second-order valence-electron chi connectivity index (χ2n) is 9.39. The molecule has 0 radical (unpaired) electrons. The second-order valence-corrected chi connectivity index (χ2v) is 11.2. The monoisotopic (exact) mass is 471 g/mol. The lowest BCUT2D eigenvalue weighted by Crippen LogP contribution is -2.33. The van der Waals surface area contributed by atoms with Crippen LogP contribution in [0.5, 0.6) is 0 Å². The third kappa shape index (κ3) is 5.57. The molecule has 4 rings (SSSR count). The van der Waals surface area contributed by atoms with Crippen molar-refractivity contribution in [2.45, 2.75) is 52.6 Å². The molecular formula is C24H30ClN5OS. The number of halogens is 1. The molecule has 0 spiro atoms. The maximum absolute atomic E-state index is 13.1. The van der Waals surface area contributed by atoms with E-state index in [-0.39, 0.29) is 5.91 Å². The average molecular weight is 472 g/mol. The van der Waals surface area contributed by atoms with E-state index in [4.69, 9.17) is 16.7 Å². The number of aromatic nitrogens is 3. The summed E-state index contributed by atoms with van der Waals surface area (Å²) in [5.41, 5.74) is 1.72. The summed E-state index contributed by atoms with van der Waals surface area (Å²) >= 11 is 7.60. The fourth-order valence-electron chi connectivity index (χ4n) is 3.96. The van der Waals surface area contributed by atoms with Crippen molar-refractivity contribution >= 4 is 34.7 Å². The molecule has 170 valence electrons. The Bertz CT molecular complexity index is 1050. The molecule has 3 aromatic rings. The number of hydrogen-bond donors (Lipinski definition) is 1. The molecule has 1 aliphatic heterocycles. The maximum atomic E-state index is 13.1. The summed E-state index contributed by atoms with van der Waals surface area (Å²) in [5.74, 6) is 1.10. The number of anilines is 1. The Morgan fingerprint density at radius 2 is 2.03 bits per heavy atom. The van der Waals surface area contributed by atoms with Crippen molar-refractivity contribution in [2.75, 3.05) is 18.4 Å². The van der Waals surface area contributed by atoms with Gasteiger partial charge in [0.25, 0.3) is 5.91 Å². The van der Waals surface area contributed by atoms with E-state index in [1.54, 1.807) is 16.0 Å². The maximum Gasteiger partial charge on any atom is 0.254 e. The first-order valence-electron chi connectivity index (χ1n) is 11.0. The lowest BCUT2D eigenvalue weighted by atomic mass is 9.93. The van der Waals surface area contributed by atoms with Gasteiger partial charge >= 0.3 is 0 Å². The Morgan fingerprint density at radius 3 is 2.66 bits per heavy atom. The van der Waals surface area contributed by atoms with Crippen molar-refractivity contribution in [3.05, 3.63) is 63.2 Å². The van der Waals surface area contributed by atoms with E-state index in [1.807, 2.05) is 51.4 Å². The fraction of sp³-hybridized carbons (Fsp3) is 0.458. The molecule has 4 heterocycles. The van der Waals surface area contributed by atoms with Crippen molar-refractivity contribution in [3.8, 4) is 0 Å². The lowest BCUT2D eigenvalue weighted by Gasteiger charge is -2.31. The van der Waals surface area contributed by atoms with E-state index >= 15 is 0 Å². The Balaban J connectivity index is 1.46. The topological polar surface area (TPSA) is 63.1 Å². The van der Waals surface area contributed by atoms with Crippen molar-refractivity contribution in [2.24, 2.45) is 5.41 Å². The summed E-state index contributed by atoms with van der Waals surface area (Å²) in [4.78, 5) is 20.9. The highest BCUT2D eigenvalue weighted by atomic mass is 35.5. The predicted molar refractivity (Wildman–Crippen MR) is 130 cm³/mol. The zero-order valence-corrected chi connectivity index (χ0v) is 20.4. The fourth-order valence-corrected chi connectivity index (χ4v) is 4.99. The summed E-state index contributed by atoms with van der Waals surface area (Å²) in [7, 11) is 0. The molecule has 0 unspecified atom stereocenters. The smallest absolute Gasteiger partial charge is 0.254 e. The van der Waals surface area contributed by atoms with Gasteiger partial charge in [-0.25, -0.2) is 0 Å². The quantitative estimate of drug-likeness (QED) is 0.501. The van der Waals surface area contributed by atoms with Crippen LogP contribution in [-0.2, 0) is 13.1 Å². The number of nitrogens with zero attached hydrogens (tertiary/aromatic N) is 4. The number of piperidine rings is 1. The molecule has 0 aromatic carbocycles. The number of nitrogens with one attached hydrogen (secondary N) is 1. The standard InChI is InChI=1S/C24H30ClN5OS/c1-24(2,3)23(31)30-22(27-15-19-6-7-21(25)32-19)13-20(28-30)18-8-11-29(12-9-18)16-17-5-4-10-26-14-17/h4-7,10,13-14,18,27H,8-9,11-12,15-16H2,1-3H3. The molecule has 3 aromatic heterocycles. The van der Waals surface area contributed by atoms with Crippen LogP contribution in [-0.4, -0.2) is 38.7 Å². The minimum absolute atomic E-state index is 0.00974. The van der Waals surface area contributed by atoms with Gasteiger partial charge in [0.05, 0.1) is 16.6 Å². The third-order valence-electron chi connectivity index (χ3n) is 5.77. The van der Waals surface area contributed by atoms with Crippen molar-refractivity contribution < 1.29 is 4.79 Å². The number of carbonyl (C=O) groups is 1. The van der Waals surface area contributed by atoms with Gasteiger partial charge in [-0.2, -0.15) is 9.78 Å². The van der Waals surface area contributed by atoms with Crippen molar-refractivity contribution in [3.63, 3.8) is 0 Å². The van der Waals surface area contributed by atoms with Gasteiger partial charge in [0.15, 0.2) is 0 Å². The van der Waals surface area contributed by atoms with Crippen LogP contribution in [0.2, 0.25) is 4.34 Å². The minimum atomic E-state index is -0.515. The molecule has 1 saturated heterocycles. The van der Waals surface area contributed by atoms with E-state index in [1.165, 1.54) is 5.56 Å². The van der Waals surface area contributed by atoms with Gasteiger partial charge < -0.3 is 5.32 Å². The Morgan fingerprint density at radius 1 is 1.25 bits per heavy atom. The number of likely N-dealkylation sites (tertiary alicyclic amines) is 1. The van der Waals surface area contributed by atoms with Gasteiger partial charge in [0.1, 0.15) is 5.82 Å². The molecular weight excluding hydrogens is 442 g/mol. The Hall–Kier alpha value is -2.22. The largest absolute Gasteiger partial charge is 0.365 e. The molecule has 0 bridgehead atoms. The van der Waals surface area contributed by atoms with Crippen LogP contribution in [0, 0.1) is 5.41 Å². The summed E-state index contributed by atoms with van der Waals surface area (Å²) < 4.78 is 2.33. The highest BCUT2D eigenvalue weighted by Crippen LogP contribution is 2.31. The van der Waals surface area contributed by atoms with Crippen LogP contribution < -0.4 is 5.32 Å². The van der Waals surface area contributed by atoms with Crippen molar-refractivity contribution in [1.82, 2.24) is 19.7 Å². The molecule has 6 nitrogen and oxygen atoms in total. The van der Waals surface area contributed by atoms with Gasteiger partial charge in [-0.3, -0.25) is 14.7 Å². The van der Waals surface area contributed by atoms with Crippen LogP contribution in [0.25, 0.3) is 0 Å². The van der Waals surface area contributed by atoms with Crippen molar-refractivity contribution in [1.29, 1.82) is 0 Å². The first kappa shape index (κ1) is 23.0. The summed E-state index contributed by atoms with van der Waals surface area (Å²) in [6.45, 7) is 9.34. The molecule has 0 amide bonds. The number of thiophene rings is 1. The van der Waals surface area contributed by atoms with Crippen LogP contribution in [0.3, 0.4) is 0 Å². The van der Waals surface area contributed by atoms with E-state index in [9.17, 15) is 4.79 Å². The van der Waals surface area contributed by atoms with Gasteiger partial charge in [-0.15, -0.1) is 11.3 Å². The van der Waals surface area contributed by atoms with Gasteiger partial charge in [0, 0.05) is 41.2 Å². The average Bonchev–Trinajstić information content (AvgIpc) is 3.38. The molecule has 1 aliphatic rings. The lowest BCUT2D eigenvalue weighted by molar-refractivity contribution is 0.0750. The summed E-state index contributed by atoms with van der Waals surface area (Å²) in [6, 6.07) is 10.1. The van der Waals surface area contributed by atoms with Gasteiger partial charge in [-0.1, -0.05) is 38.4 Å². The van der Waals surface area contributed by atoms with E-state index in [2.05, 4.69) is 27.3 Å². The molecule has 0 aliphatic carbocycles. The van der Waals surface area contributed by atoms with E-state index < -0.39 is 5.41 Å². The van der Waals surface area contributed by atoms with Crippen LogP contribution in [0.1, 0.15) is 60.5 Å². The Kier molecular flexibility index (Phi) is 6.98. The highest BCUT2D eigenvalue weighted by Gasteiger charge is 2.29. The zero-order chi connectivity index (χ0) is 22.7. The first-order valence-corrected chi connectivity index (χ1v) is 12.2. The van der Waals surface area contributed by atoms with Gasteiger partial charge in [-0.05, 0) is 49.7 Å². The summed E-state index contributed by atoms with van der Waals surface area (Å²) in [5, 5.41) is 8.19. The Labute approximate surface area is 198 Å².